The van der Waals surface area contributed by atoms with Crippen molar-refractivity contribution in [3.63, 3.8) is 0 Å². The van der Waals surface area contributed by atoms with Gasteiger partial charge in [0, 0.05) is 6.04 Å². The van der Waals surface area contributed by atoms with Crippen LogP contribution >= 0.6 is 0 Å². The average Bonchev–Trinajstić information content (AvgIpc) is 2.18. The minimum Gasteiger partial charge on any atom is -0.330 e. The first-order valence-corrected chi connectivity index (χ1v) is 5.24. The van der Waals surface area contributed by atoms with Crippen LogP contribution in [0.2, 0.25) is 0 Å². The van der Waals surface area contributed by atoms with E-state index >= 15 is 0 Å². The van der Waals surface area contributed by atoms with Crippen LogP contribution < -0.4 is 11.1 Å². The Bertz CT molecular complexity index is 271. The van der Waals surface area contributed by atoms with E-state index in [4.69, 9.17) is 5.73 Å². The lowest BCUT2D eigenvalue weighted by Gasteiger charge is -2.14. The summed E-state index contributed by atoms with van der Waals surface area (Å²) in [6, 6.07) is 9.02. The standard InChI is InChI=1S/C12H20N2/c1-10-5-3-6-12(9-10)11(2)14-8-4-7-13/h3,5-6,9,11,14H,4,7-8,13H2,1-2H3. The zero-order chi connectivity index (χ0) is 10.4. The van der Waals surface area contributed by atoms with Gasteiger partial charge in [-0.25, -0.2) is 0 Å². The first-order chi connectivity index (χ1) is 6.74. The van der Waals surface area contributed by atoms with Gasteiger partial charge in [-0.2, -0.15) is 0 Å². The van der Waals surface area contributed by atoms with Gasteiger partial charge in [0.15, 0.2) is 0 Å². The van der Waals surface area contributed by atoms with Crippen molar-refractivity contribution in [1.82, 2.24) is 5.32 Å². The van der Waals surface area contributed by atoms with Crippen molar-refractivity contribution >= 4 is 0 Å². The second kappa shape index (κ2) is 5.78. The molecule has 78 valence electrons. The Morgan fingerprint density at radius 3 is 2.86 bits per heavy atom. The van der Waals surface area contributed by atoms with Crippen molar-refractivity contribution in [2.75, 3.05) is 13.1 Å². The number of nitrogens with one attached hydrogen (secondary N) is 1. The lowest BCUT2D eigenvalue weighted by atomic mass is 10.1. The predicted molar refractivity (Wildman–Crippen MR) is 61.3 cm³/mol. The molecule has 0 radical (unpaired) electrons. The molecule has 0 saturated carbocycles. The van der Waals surface area contributed by atoms with Gasteiger partial charge in [-0.1, -0.05) is 29.8 Å². The van der Waals surface area contributed by atoms with Crippen LogP contribution in [0.5, 0.6) is 0 Å². The topological polar surface area (TPSA) is 38.0 Å². The van der Waals surface area contributed by atoms with Crippen molar-refractivity contribution in [1.29, 1.82) is 0 Å². The summed E-state index contributed by atoms with van der Waals surface area (Å²) in [5, 5.41) is 3.45. The van der Waals surface area contributed by atoms with Crippen LogP contribution in [0.15, 0.2) is 24.3 Å². The van der Waals surface area contributed by atoms with Crippen LogP contribution in [0.1, 0.15) is 30.5 Å². The molecular formula is C12H20N2. The molecule has 3 N–H and O–H groups in total. The molecule has 0 spiro atoms. The van der Waals surface area contributed by atoms with Gasteiger partial charge in [0.2, 0.25) is 0 Å². The van der Waals surface area contributed by atoms with E-state index in [1.165, 1.54) is 11.1 Å². The van der Waals surface area contributed by atoms with Gasteiger partial charge in [0.1, 0.15) is 0 Å². The molecule has 2 heteroatoms. The Balaban J connectivity index is 2.47. The summed E-state index contributed by atoms with van der Waals surface area (Å²) in [6.07, 6.45) is 1.04. The van der Waals surface area contributed by atoms with Crippen molar-refractivity contribution in [2.24, 2.45) is 5.73 Å². The smallest absolute Gasteiger partial charge is 0.0291 e. The summed E-state index contributed by atoms with van der Waals surface area (Å²) in [5.74, 6) is 0. The van der Waals surface area contributed by atoms with E-state index in [0.29, 0.717) is 6.04 Å². The fourth-order valence-corrected chi connectivity index (χ4v) is 1.48. The third-order valence-electron chi connectivity index (χ3n) is 2.37. The Morgan fingerprint density at radius 1 is 1.43 bits per heavy atom. The van der Waals surface area contributed by atoms with E-state index in [0.717, 1.165) is 19.5 Å². The Labute approximate surface area is 86.5 Å². The zero-order valence-corrected chi connectivity index (χ0v) is 9.09. The molecule has 1 atom stereocenters. The quantitative estimate of drug-likeness (QED) is 0.700. The molecule has 0 aromatic heterocycles. The molecule has 1 unspecified atom stereocenters. The molecule has 0 fully saturated rings. The minimum atomic E-state index is 0.418. The molecule has 0 amide bonds. The van der Waals surface area contributed by atoms with Gasteiger partial charge in [-0.3, -0.25) is 0 Å². The van der Waals surface area contributed by atoms with Crippen molar-refractivity contribution < 1.29 is 0 Å². The molecule has 0 heterocycles. The molecule has 0 aliphatic rings. The van der Waals surface area contributed by atoms with E-state index in [1.54, 1.807) is 0 Å². The van der Waals surface area contributed by atoms with Crippen LogP contribution in [-0.2, 0) is 0 Å². The van der Waals surface area contributed by atoms with Crippen molar-refractivity contribution in [2.45, 2.75) is 26.3 Å². The van der Waals surface area contributed by atoms with Gasteiger partial charge in [-0.15, -0.1) is 0 Å². The van der Waals surface area contributed by atoms with Gasteiger partial charge >= 0.3 is 0 Å². The van der Waals surface area contributed by atoms with Gasteiger partial charge in [-0.05, 0) is 38.9 Å². The molecule has 0 bridgehead atoms. The zero-order valence-electron chi connectivity index (χ0n) is 9.09. The Hall–Kier alpha value is -0.860. The SMILES string of the molecule is Cc1cccc(C(C)NCCCN)c1. The molecule has 1 rings (SSSR count). The highest BCUT2D eigenvalue weighted by atomic mass is 14.9. The highest BCUT2D eigenvalue weighted by molar-refractivity contribution is 5.24. The molecule has 1 aromatic rings. The second-order valence-electron chi connectivity index (χ2n) is 3.73. The lowest BCUT2D eigenvalue weighted by Crippen LogP contribution is -2.21. The number of nitrogens with two attached hydrogens (primary N) is 1. The summed E-state index contributed by atoms with van der Waals surface area (Å²) in [6.45, 7) is 6.06. The van der Waals surface area contributed by atoms with Crippen LogP contribution in [0.4, 0.5) is 0 Å². The third-order valence-corrected chi connectivity index (χ3v) is 2.37. The van der Waals surface area contributed by atoms with E-state index in [-0.39, 0.29) is 0 Å². The summed E-state index contributed by atoms with van der Waals surface area (Å²) in [7, 11) is 0. The van der Waals surface area contributed by atoms with Crippen molar-refractivity contribution in [3.8, 4) is 0 Å². The molecule has 2 nitrogen and oxygen atoms in total. The highest BCUT2D eigenvalue weighted by Gasteiger charge is 2.02. The maximum Gasteiger partial charge on any atom is 0.0291 e. The van der Waals surface area contributed by atoms with Gasteiger partial charge in [0.25, 0.3) is 0 Å². The summed E-state index contributed by atoms with van der Waals surface area (Å²) >= 11 is 0. The van der Waals surface area contributed by atoms with Crippen LogP contribution in [0.3, 0.4) is 0 Å². The van der Waals surface area contributed by atoms with Crippen LogP contribution in [-0.4, -0.2) is 13.1 Å². The number of benzene rings is 1. The van der Waals surface area contributed by atoms with Gasteiger partial charge < -0.3 is 11.1 Å². The van der Waals surface area contributed by atoms with E-state index in [1.807, 2.05) is 0 Å². The van der Waals surface area contributed by atoms with Crippen LogP contribution in [0.25, 0.3) is 0 Å². The normalized spacial score (nSPS) is 12.8. The maximum atomic E-state index is 5.44. The monoisotopic (exact) mass is 192 g/mol. The lowest BCUT2D eigenvalue weighted by molar-refractivity contribution is 0.561. The molecule has 0 aliphatic heterocycles. The first-order valence-electron chi connectivity index (χ1n) is 5.24. The van der Waals surface area contributed by atoms with E-state index in [9.17, 15) is 0 Å². The highest BCUT2D eigenvalue weighted by Crippen LogP contribution is 2.13. The summed E-state index contributed by atoms with van der Waals surface area (Å²) in [5.41, 5.74) is 8.10. The Morgan fingerprint density at radius 2 is 2.21 bits per heavy atom. The molecule has 0 saturated heterocycles. The molecule has 1 aromatic carbocycles. The third kappa shape index (κ3) is 3.48. The summed E-state index contributed by atoms with van der Waals surface area (Å²) in [4.78, 5) is 0. The summed E-state index contributed by atoms with van der Waals surface area (Å²) < 4.78 is 0. The maximum absolute atomic E-state index is 5.44. The molecule has 0 aliphatic carbocycles. The predicted octanol–water partition coefficient (Wildman–Crippen LogP) is 1.99. The largest absolute Gasteiger partial charge is 0.330 e. The number of rotatable bonds is 5. The fraction of sp³-hybridized carbons (Fsp3) is 0.500. The van der Waals surface area contributed by atoms with E-state index in [2.05, 4.69) is 43.4 Å². The molecular weight excluding hydrogens is 172 g/mol. The van der Waals surface area contributed by atoms with E-state index < -0.39 is 0 Å². The number of hydrogen-bond acceptors (Lipinski definition) is 2. The first kappa shape index (κ1) is 11.2. The number of hydrogen-bond donors (Lipinski definition) is 2. The minimum absolute atomic E-state index is 0.418. The average molecular weight is 192 g/mol. The fourth-order valence-electron chi connectivity index (χ4n) is 1.48. The number of aryl methyl sites for hydroxylation is 1. The second-order valence-corrected chi connectivity index (χ2v) is 3.73. The van der Waals surface area contributed by atoms with Gasteiger partial charge in [0.05, 0.1) is 0 Å². The van der Waals surface area contributed by atoms with Crippen LogP contribution in [0, 0.1) is 6.92 Å². The van der Waals surface area contributed by atoms with Crippen molar-refractivity contribution in [3.05, 3.63) is 35.4 Å². The molecule has 14 heavy (non-hydrogen) atoms. The Kier molecular flexibility index (Phi) is 4.63.